The molecule has 0 N–H and O–H groups in total. The van der Waals surface area contributed by atoms with Gasteiger partial charge in [-0.2, -0.15) is 0 Å². The Bertz CT molecular complexity index is 1320. The average Bonchev–Trinajstić information content (AvgIpc) is 3.29. The van der Waals surface area contributed by atoms with E-state index in [1.807, 2.05) is 72.1 Å². The van der Waals surface area contributed by atoms with Crippen molar-refractivity contribution in [1.82, 2.24) is 9.30 Å². The smallest absolute Gasteiger partial charge is 0.296 e. The van der Waals surface area contributed by atoms with Crippen LogP contribution in [0.1, 0.15) is 35.8 Å². The van der Waals surface area contributed by atoms with Gasteiger partial charge in [-0.3, -0.25) is 9.59 Å². The molecule has 0 radical (unpaired) electrons. The van der Waals surface area contributed by atoms with Crippen molar-refractivity contribution in [1.29, 1.82) is 0 Å². The lowest BCUT2D eigenvalue weighted by atomic mass is 9.90. The molecule has 0 bridgehead atoms. The predicted octanol–water partition coefficient (Wildman–Crippen LogP) is 5.67. The number of fused-ring (bicyclic) bond motifs is 1. The topological polar surface area (TPSA) is 51.0 Å². The number of carbonyl (C=O) groups is 2. The molecule has 1 fully saturated rings. The van der Waals surface area contributed by atoms with E-state index in [1.54, 1.807) is 4.90 Å². The van der Waals surface area contributed by atoms with Gasteiger partial charge in [0, 0.05) is 30.4 Å². The largest absolute Gasteiger partial charge is 0.494 e. The highest BCUT2D eigenvalue weighted by atomic mass is 16.5. The fourth-order valence-corrected chi connectivity index (χ4v) is 5.01. The molecule has 5 nitrogen and oxygen atoms in total. The second-order valence-corrected chi connectivity index (χ2v) is 9.11. The van der Waals surface area contributed by atoms with Gasteiger partial charge >= 0.3 is 0 Å². The Kier molecular flexibility index (Phi) is 6.66. The zero-order chi connectivity index (χ0) is 24.2. The van der Waals surface area contributed by atoms with Crippen LogP contribution >= 0.6 is 0 Å². The number of benzene rings is 2. The highest BCUT2D eigenvalue weighted by molar-refractivity contribution is 6.43. The van der Waals surface area contributed by atoms with Gasteiger partial charge in [-0.1, -0.05) is 48.5 Å². The highest BCUT2D eigenvalue weighted by Crippen LogP contribution is 2.31. The van der Waals surface area contributed by atoms with Gasteiger partial charge < -0.3 is 14.0 Å². The molecule has 0 unspecified atom stereocenters. The first-order valence-corrected chi connectivity index (χ1v) is 12.3. The molecule has 3 heterocycles. The van der Waals surface area contributed by atoms with E-state index in [4.69, 9.17) is 4.74 Å². The van der Waals surface area contributed by atoms with E-state index in [1.165, 1.54) is 5.56 Å². The minimum atomic E-state index is -0.457. The minimum absolute atomic E-state index is 0.417. The second kappa shape index (κ2) is 10.2. The lowest BCUT2D eigenvalue weighted by Crippen LogP contribution is -2.42. The average molecular weight is 467 g/mol. The molecule has 0 atom stereocenters. The molecule has 0 saturated carbocycles. The van der Waals surface area contributed by atoms with E-state index in [0.717, 1.165) is 41.7 Å². The molecule has 2 aromatic carbocycles. The number of carbonyl (C=O) groups excluding carboxylic acids is 2. The van der Waals surface area contributed by atoms with Crippen LogP contribution in [0.4, 0.5) is 0 Å². The van der Waals surface area contributed by atoms with E-state index in [2.05, 4.69) is 24.3 Å². The van der Waals surface area contributed by atoms with E-state index in [-0.39, 0.29) is 0 Å². The number of aromatic nitrogens is 1. The number of hydrogen-bond acceptors (Lipinski definition) is 3. The van der Waals surface area contributed by atoms with Gasteiger partial charge in [0.05, 0.1) is 6.61 Å². The molecular formula is C30H30N2O3. The Morgan fingerprint density at radius 1 is 0.914 bits per heavy atom. The Labute approximate surface area is 206 Å². The Morgan fingerprint density at radius 3 is 2.34 bits per heavy atom. The van der Waals surface area contributed by atoms with Gasteiger partial charge in [0.1, 0.15) is 11.4 Å². The van der Waals surface area contributed by atoms with Crippen molar-refractivity contribution in [3.8, 4) is 16.9 Å². The van der Waals surface area contributed by atoms with Crippen LogP contribution in [0.3, 0.4) is 0 Å². The van der Waals surface area contributed by atoms with Crippen molar-refractivity contribution in [2.75, 3.05) is 19.7 Å². The van der Waals surface area contributed by atoms with Crippen LogP contribution in [0.25, 0.3) is 16.6 Å². The molecule has 4 aromatic rings. The highest BCUT2D eigenvalue weighted by Gasteiger charge is 2.31. The van der Waals surface area contributed by atoms with Crippen LogP contribution < -0.4 is 4.74 Å². The summed E-state index contributed by atoms with van der Waals surface area (Å²) in [6, 6.07) is 25.9. The van der Waals surface area contributed by atoms with Gasteiger partial charge in [0.25, 0.3) is 11.7 Å². The third kappa shape index (κ3) is 4.85. The summed E-state index contributed by atoms with van der Waals surface area (Å²) >= 11 is 0. The molecule has 35 heavy (non-hydrogen) atoms. The zero-order valence-electron chi connectivity index (χ0n) is 20.0. The third-order valence-electron chi connectivity index (χ3n) is 6.83. The summed E-state index contributed by atoms with van der Waals surface area (Å²) in [6.07, 6.45) is 4.69. The molecule has 178 valence electrons. The van der Waals surface area contributed by atoms with E-state index < -0.39 is 11.7 Å². The molecule has 1 aliphatic heterocycles. The SMILES string of the molecule is CCOc1ccc(-c2cc3ccccn3c2C(=O)C(=O)N2CCC(Cc3ccccc3)CC2)cc1. The van der Waals surface area contributed by atoms with Gasteiger partial charge in [-0.25, -0.2) is 0 Å². The lowest BCUT2D eigenvalue weighted by molar-refractivity contribution is -0.127. The quantitative estimate of drug-likeness (QED) is 0.261. The number of piperidine rings is 1. The molecule has 1 amide bonds. The van der Waals surface area contributed by atoms with Gasteiger partial charge in [0.15, 0.2) is 0 Å². The van der Waals surface area contributed by atoms with Crippen LogP contribution in [-0.4, -0.2) is 40.7 Å². The Hall–Kier alpha value is -3.86. The first kappa shape index (κ1) is 22.9. The van der Waals surface area contributed by atoms with Crippen molar-refractivity contribution in [2.45, 2.75) is 26.2 Å². The molecule has 0 spiro atoms. The number of pyridine rings is 1. The van der Waals surface area contributed by atoms with Crippen LogP contribution in [0.5, 0.6) is 5.75 Å². The first-order chi connectivity index (χ1) is 17.1. The number of hydrogen-bond donors (Lipinski definition) is 0. The normalized spacial score (nSPS) is 14.3. The van der Waals surface area contributed by atoms with Crippen molar-refractivity contribution >= 4 is 17.2 Å². The first-order valence-electron chi connectivity index (χ1n) is 12.3. The van der Waals surface area contributed by atoms with Crippen LogP contribution in [0, 0.1) is 5.92 Å². The zero-order valence-corrected chi connectivity index (χ0v) is 20.0. The summed E-state index contributed by atoms with van der Waals surface area (Å²) in [5, 5.41) is 0. The molecule has 1 aliphatic rings. The number of amides is 1. The standard InChI is InChI=1S/C30H30N2O3/c1-2-35-26-13-11-24(12-14-26)27-21-25-10-6-7-17-32(25)28(27)29(33)30(34)31-18-15-23(16-19-31)20-22-8-4-3-5-9-22/h3-14,17,21,23H,2,15-16,18-20H2,1H3. The van der Waals surface area contributed by atoms with Crippen molar-refractivity contribution < 1.29 is 14.3 Å². The number of Topliss-reactive ketones (excluding diaryl/α,β-unsaturated/α-hetero) is 1. The van der Waals surface area contributed by atoms with E-state index in [0.29, 0.717) is 31.3 Å². The maximum Gasteiger partial charge on any atom is 0.296 e. The molecule has 5 heteroatoms. The van der Waals surface area contributed by atoms with Crippen LogP contribution in [0.15, 0.2) is 85.1 Å². The minimum Gasteiger partial charge on any atom is -0.494 e. The van der Waals surface area contributed by atoms with Crippen molar-refractivity contribution in [3.63, 3.8) is 0 Å². The molecule has 2 aromatic heterocycles. The number of ketones is 1. The summed E-state index contributed by atoms with van der Waals surface area (Å²) in [6.45, 7) is 3.77. The summed E-state index contributed by atoms with van der Waals surface area (Å²) in [7, 11) is 0. The lowest BCUT2D eigenvalue weighted by Gasteiger charge is -2.31. The van der Waals surface area contributed by atoms with Crippen molar-refractivity contribution in [2.24, 2.45) is 5.92 Å². The fraction of sp³-hybridized carbons (Fsp3) is 0.267. The molecule has 5 rings (SSSR count). The molecular weight excluding hydrogens is 436 g/mol. The van der Waals surface area contributed by atoms with Gasteiger partial charge in [-0.15, -0.1) is 0 Å². The predicted molar refractivity (Wildman–Crippen MR) is 138 cm³/mol. The third-order valence-corrected chi connectivity index (χ3v) is 6.83. The fourth-order valence-electron chi connectivity index (χ4n) is 5.01. The Morgan fingerprint density at radius 2 is 1.63 bits per heavy atom. The van der Waals surface area contributed by atoms with E-state index in [9.17, 15) is 9.59 Å². The summed E-state index contributed by atoms with van der Waals surface area (Å²) in [5.74, 6) is 0.438. The number of rotatable bonds is 7. The van der Waals surface area contributed by atoms with Gasteiger partial charge in [-0.05, 0) is 73.6 Å². The van der Waals surface area contributed by atoms with Crippen LogP contribution in [0.2, 0.25) is 0 Å². The van der Waals surface area contributed by atoms with Crippen LogP contribution in [-0.2, 0) is 11.2 Å². The molecule has 1 saturated heterocycles. The van der Waals surface area contributed by atoms with E-state index >= 15 is 0 Å². The molecule has 0 aliphatic carbocycles. The Balaban J connectivity index is 1.36. The maximum absolute atomic E-state index is 13.6. The van der Waals surface area contributed by atoms with Gasteiger partial charge in [0.2, 0.25) is 0 Å². The van der Waals surface area contributed by atoms with Crippen molar-refractivity contribution in [3.05, 3.63) is 96.3 Å². The number of likely N-dealkylation sites (tertiary alicyclic amines) is 1. The summed E-state index contributed by atoms with van der Waals surface area (Å²) in [5.41, 5.74) is 4.27. The maximum atomic E-state index is 13.6. The number of ether oxygens (including phenoxy) is 1. The number of nitrogens with zero attached hydrogens (tertiary/aromatic N) is 2. The monoisotopic (exact) mass is 466 g/mol. The summed E-state index contributed by atoms with van der Waals surface area (Å²) in [4.78, 5) is 28.7. The second-order valence-electron chi connectivity index (χ2n) is 9.11. The summed E-state index contributed by atoms with van der Waals surface area (Å²) < 4.78 is 7.39.